The molecular weight excluding hydrogens is 298 g/mol. The fraction of sp³-hybridized carbons (Fsp3) is 0.533. The molecule has 0 bridgehead atoms. The lowest BCUT2D eigenvalue weighted by atomic mass is 9.87. The summed E-state index contributed by atoms with van der Waals surface area (Å²) >= 11 is 1.78. The highest BCUT2D eigenvalue weighted by atomic mass is 32.1. The maximum Gasteiger partial charge on any atom is 0.227 e. The molecule has 3 aromatic rings. The molecule has 4 rings (SSSR count). The first-order chi connectivity index (χ1) is 10.6. The van der Waals surface area contributed by atoms with Gasteiger partial charge in [0.1, 0.15) is 11.2 Å². The minimum absolute atomic E-state index is 0.437. The SMILES string of the molecule is C[C@@H]1CCCc2sc3nc(NC[C@@H](C)O)n4ncnc4c3c21. The van der Waals surface area contributed by atoms with Crippen molar-refractivity contribution < 1.29 is 5.11 Å². The van der Waals surface area contributed by atoms with Crippen LogP contribution in [0.5, 0.6) is 0 Å². The number of anilines is 1. The average Bonchev–Trinajstić information content (AvgIpc) is 3.08. The Morgan fingerprint density at radius 3 is 3.23 bits per heavy atom. The minimum Gasteiger partial charge on any atom is -0.392 e. The lowest BCUT2D eigenvalue weighted by Gasteiger charge is -2.18. The normalized spacial score (nSPS) is 19.5. The Morgan fingerprint density at radius 2 is 2.41 bits per heavy atom. The third kappa shape index (κ3) is 2.07. The molecule has 0 saturated carbocycles. The molecule has 22 heavy (non-hydrogen) atoms. The van der Waals surface area contributed by atoms with Crippen molar-refractivity contribution >= 4 is 33.1 Å². The van der Waals surface area contributed by atoms with Gasteiger partial charge in [-0.1, -0.05) is 6.92 Å². The van der Waals surface area contributed by atoms with Crippen LogP contribution in [0, 0.1) is 0 Å². The fourth-order valence-electron chi connectivity index (χ4n) is 3.26. The smallest absolute Gasteiger partial charge is 0.227 e. The van der Waals surface area contributed by atoms with Gasteiger partial charge < -0.3 is 10.4 Å². The van der Waals surface area contributed by atoms with E-state index in [1.165, 1.54) is 23.3 Å². The molecule has 3 aromatic heterocycles. The Morgan fingerprint density at radius 1 is 1.55 bits per heavy atom. The number of nitrogens with zero attached hydrogens (tertiary/aromatic N) is 4. The van der Waals surface area contributed by atoms with E-state index in [0.717, 1.165) is 22.3 Å². The highest BCUT2D eigenvalue weighted by Gasteiger charge is 2.25. The van der Waals surface area contributed by atoms with Crippen LogP contribution >= 0.6 is 11.3 Å². The number of aryl methyl sites for hydroxylation is 1. The van der Waals surface area contributed by atoms with E-state index in [1.807, 2.05) is 0 Å². The largest absolute Gasteiger partial charge is 0.392 e. The van der Waals surface area contributed by atoms with Crippen LogP contribution in [-0.4, -0.2) is 37.3 Å². The van der Waals surface area contributed by atoms with Crippen molar-refractivity contribution in [3.63, 3.8) is 0 Å². The zero-order valence-corrected chi connectivity index (χ0v) is 13.5. The quantitative estimate of drug-likeness (QED) is 0.776. The molecule has 2 N–H and O–H groups in total. The third-order valence-electron chi connectivity index (χ3n) is 4.27. The van der Waals surface area contributed by atoms with Crippen LogP contribution in [0.4, 0.5) is 5.95 Å². The topological polar surface area (TPSA) is 75.3 Å². The molecule has 0 aliphatic heterocycles. The molecule has 6 nitrogen and oxygen atoms in total. The van der Waals surface area contributed by atoms with Crippen molar-refractivity contribution in [2.45, 2.75) is 45.1 Å². The molecule has 3 heterocycles. The van der Waals surface area contributed by atoms with Crippen LogP contribution in [0.15, 0.2) is 6.33 Å². The van der Waals surface area contributed by atoms with E-state index in [1.54, 1.807) is 29.1 Å². The molecule has 1 aliphatic carbocycles. The Kier molecular flexibility index (Phi) is 3.27. The molecule has 2 atom stereocenters. The monoisotopic (exact) mass is 317 g/mol. The van der Waals surface area contributed by atoms with Gasteiger partial charge in [0.2, 0.25) is 5.95 Å². The van der Waals surface area contributed by atoms with Gasteiger partial charge in [0, 0.05) is 11.4 Å². The zero-order valence-electron chi connectivity index (χ0n) is 12.7. The summed E-state index contributed by atoms with van der Waals surface area (Å²) in [6, 6.07) is 0. The summed E-state index contributed by atoms with van der Waals surface area (Å²) in [7, 11) is 0. The molecule has 0 fully saturated rings. The van der Waals surface area contributed by atoms with Gasteiger partial charge in [0.25, 0.3) is 0 Å². The van der Waals surface area contributed by atoms with E-state index in [2.05, 4.69) is 22.3 Å². The average molecular weight is 317 g/mol. The lowest BCUT2D eigenvalue weighted by Crippen LogP contribution is -2.18. The molecule has 0 spiro atoms. The number of thiophene rings is 1. The number of rotatable bonds is 3. The molecular formula is C15H19N5OS. The second-order valence-corrected chi connectivity index (χ2v) is 7.16. The summed E-state index contributed by atoms with van der Waals surface area (Å²) in [5.74, 6) is 1.20. The van der Waals surface area contributed by atoms with Crippen LogP contribution in [0.25, 0.3) is 15.9 Å². The molecule has 0 saturated heterocycles. The highest BCUT2D eigenvalue weighted by molar-refractivity contribution is 7.19. The summed E-state index contributed by atoms with van der Waals surface area (Å²) < 4.78 is 1.75. The van der Waals surface area contributed by atoms with E-state index >= 15 is 0 Å². The summed E-state index contributed by atoms with van der Waals surface area (Å²) in [4.78, 5) is 11.7. The van der Waals surface area contributed by atoms with Crippen molar-refractivity contribution in [1.82, 2.24) is 19.6 Å². The second kappa shape index (κ2) is 5.17. The van der Waals surface area contributed by atoms with Gasteiger partial charge in [-0.2, -0.15) is 9.61 Å². The van der Waals surface area contributed by atoms with Gasteiger partial charge >= 0.3 is 0 Å². The lowest BCUT2D eigenvalue weighted by molar-refractivity contribution is 0.208. The van der Waals surface area contributed by atoms with E-state index in [-0.39, 0.29) is 0 Å². The predicted molar refractivity (Wildman–Crippen MR) is 87.7 cm³/mol. The van der Waals surface area contributed by atoms with Crippen molar-refractivity contribution in [3.8, 4) is 0 Å². The van der Waals surface area contributed by atoms with E-state index < -0.39 is 6.10 Å². The van der Waals surface area contributed by atoms with Crippen LogP contribution < -0.4 is 5.32 Å². The van der Waals surface area contributed by atoms with Crippen LogP contribution in [-0.2, 0) is 6.42 Å². The molecule has 1 aliphatic rings. The van der Waals surface area contributed by atoms with Crippen molar-refractivity contribution in [3.05, 3.63) is 16.8 Å². The number of hydrogen-bond donors (Lipinski definition) is 2. The Bertz CT molecular complexity index is 837. The number of hydrogen-bond acceptors (Lipinski definition) is 6. The van der Waals surface area contributed by atoms with Gasteiger partial charge in [-0.25, -0.2) is 9.97 Å². The summed E-state index contributed by atoms with van der Waals surface area (Å²) in [6.45, 7) is 4.47. The minimum atomic E-state index is -0.437. The van der Waals surface area contributed by atoms with Crippen molar-refractivity contribution in [1.29, 1.82) is 0 Å². The molecule has 0 unspecified atom stereocenters. The standard InChI is InChI=1S/C15H19N5OS/c1-8-4-3-5-10-11(8)12-13-17-7-18-20(13)15(16-6-9(2)21)19-14(12)22-10/h7-9,21H,3-6H2,1-2H3,(H,16,19)/t8-,9-/m1/s1. The number of fused-ring (bicyclic) bond motifs is 5. The summed E-state index contributed by atoms with van der Waals surface area (Å²) in [5, 5.41) is 18.1. The number of aromatic nitrogens is 4. The Hall–Kier alpha value is -1.73. The van der Waals surface area contributed by atoms with E-state index in [4.69, 9.17) is 4.98 Å². The fourth-order valence-corrected chi connectivity index (χ4v) is 4.58. The maximum atomic E-state index is 9.48. The summed E-state index contributed by atoms with van der Waals surface area (Å²) in [6.07, 6.45) is 4.74. The van der Waals surface area contributed by atoms with Crippen molar-refractivity contribution in [2.75, 3.05) is 11.9 Å². The molecule has 116 valence electrons. The zero-order chi connectivity index (χ0) is 15.3. The first-order valence-corrected chi connectivity index (χ1v) is 8.53. The van der Waals surface area contributed by atoms with Gasteiger partial charge in [0.15, 0.2) is 5.65 Å². The third-order valence-corrected chi connectivity index (χ3v) is 5.43. The molecule has 0 amide bonds. The molecule has 0 aromatic carbocycles. The number of aliphatic hydroxyl groups excluding tert-OH is 1. The molecule has 0 radical (unpaired) electrons. The Balaban J connectivity index is 1.95. The van der Waals surface area contributed by atoms with Crippen LogP contribution in [0.1, 0.15) is 43.0 Å². The summed E-state index contributed by atoms with van der Waals surface area (Å²) in [5.41, 5.74) is 2.28. The van der Waals surface area contributed by atoms with Crippen molar-refractivity contribution in [2.24, 2.45) is 0 Å². The Labute approximate surface area is 132 Å². The number of aliphatic hydroxyl groups is 1. The van der Waals surface area contributed by atoms with Gasteiger partial charge in [0.05, 0.1) is 11.5 Å². The highest BCUT2D eigenvalue weighted by Crippen LogP contribution is 2.43. The van der Waals surface area contributed by atoms with E-state index in [0.29, 0.717) is 18.4 Å². The predicted octanol–water partition coefficient (Wildman–Crippen LogP) is 2.57. The van der Waals surface area contributed by atoms with Gasteiger partial charge in [-0.3, -0.25) is 0 Å². The van der Waals surface area contributed by atoms with Gasteiger partial charge in [-0.15, -0.1) is 11.3 Å². The van der Waals surface area contributed by atoms with Crippen LogP contribution in [0.3, 0.4) is 0 Å². The van der Waals surface area contributed by atoms with Crippen LogP contribution in [0.2, 0.25) is 0 Å². The first-order valence-electron chi connectivity index (χ1n) is 7.72. The number of nitrogens with one attached hydrogen (secondary N) is 1. The first kappa shape index (κ1) is 13.9. The van der Waals surface area contributed by atoms with Gasteiger partial charge in [-0.05, 0) is 37.7 Å². The second-order valence-electron chi connectivity index (χ2n) is 6.07. The maximum absolute atomic E-state index is 9.48. The molecule has 7 heteroatoms. The van der Waals surface area contributed by atoms with E-state index in [9.17, 15) is 5.11 Å².